The van der Waals surface area contributed by atoms with E-state index >= 15 is 0 Å². The van der Waals surface area contributed by atoms with Gasteiger partial charge in [-0.3, -0.25) is 4.79 Å². The number of rotatable bonds is 2. The minimum atomic E-state index is -0.826. The minimum Gasteiger partial charge on any atom is -0.429 e. The van der Waals surface area contributed by atoms with Crippen LogP contribution in [0.1, 0.15) is 13.8 Å². The van der Waals surface area contributed by atoms with E-state index in [4.69, 9.17) is 0 Å². The summed E-state index contributed by atoms with van der Waals surface area (Å²) >= 11 is 0. The number of esters is 1. The molecule has 0 aliphatic rings. The first-order chi connectivity index (χ1) is 4.18. The summed E-state index contributed by atoms with van der Waals surface area (Å²) in [6.45, 7) is 2.85. The van der Waals surface area contributed by atoms with E-state index in [-0.39, 0.29) is 0 Å². The van der Waals surface area contributed by atoms with Gasteiger partial charge in [0.1, 0.15) is 0 Å². The van der Waals surface area contributed by atoms with Gasteiger partial charge in [-0.1, -0.05) is 6.08 Å². The van der Waals surface area contributed by atoms with Gasteiger partial charge in [0.15, 0.2) is 0 Å². The Balaban J connectivity index is 3.65. The summed E-state index contributed by atoms with van der Waals surface area (Å²) in [4.78, 5) is 20.4. The predicted molar refractivity (Wildman–Crippen MR) is 31.6 cm³/mol. The topological polar surface area (TPSA) is 43.4 Å². The summed E-state index contributed by atoms with van der Waals surface area (Å²) in [5.41, 5.74) is 0. The Hall–Kier alpha value is -1.12. The second-order valence-corrected chi connectivity index (χ2v) is 1.43. The van der Waals surface area contributed by atoms with Crippen molar-refractivity contribution < 1.29 is 14.3 Å². The first-order valence-electron chi connectivity index (χ1n) is 2.51. The first-order valence-corrected chi connectivity index (χ1v) is 2.51. The molecule has 0 fully saturated rings. The second kappa shape index (κ2) is 3.83. The normalized spacial score (nSPS) is 9.56. The van der Waals surface area contributed by atoms with Gasteiger partial charge in [0, 0.05) is 6.92 Å². The molecule has 0 saturated heterocycles. The van der Waals surface area contributed by atoms with Crippen LogP contribution in [0.5, 0.6) is 0 Å². The molecule has 0 aromatic carbocycles. The van der Waals surface area contributed by atoms with Crippen LogP contribution in [0.25, 0.3) is 0 Å². The average Bonchev–Trinajstić information content (AvgIpc) is 1.82. The third-order valence-electron chi connectivity index (χ3n) is 0.599. The number of hydrogen-bond donors (Lipinski definition) is 0. The Kier molecular flexibility index (Phi) is 3.35. The highest BCUT2D eigenvalue weighted by Crippen LogP contribution is 1.80. The molecule has 0 heterocycles. The predicted octanol–water partition coefficient (Wildman–Crippen LogP) is 0.652. The van der Waals surface area contributed by atoms with Crippen LogP contribution < -0.4 is 0 Å². The van der Waals surface area contributed by atoms with Crippen LogP contribution in [0, 0.1) is 0 Å². The molecule has 0 bridgehead atoms. The number of Topliss-reactive ketones (excluding diaryl/α,β-unsaturated/α-hetero) is 1. The first kappa shape index (κ1) is 7.88. The van der Waals surface area contributed by atoms with E-state index in [1.54, 1.807) is 6.92 Å². The molecule has 0 aromatic heterocycles. The molecule has 0 aromatic rings. The summed E-state index contributed by atoms with van der Waals surface area (Å²) in [5, 5.41) is 0. The molecule has 3 nitrogen and oxygen atoms in total. The number of allylic oxidation sites excluding steroid dienone is 1. The lowest BCUT2D eigenvalue weighted by Gasteiger charge is -1.89. The molecule has 9 heavy (non-hydrogen) atoms. The number of ether oxygens (including phenoxy) is 1. The van der Waals surface area contributed by atoms with Crippen molar-refractivity contribution in [3.05, 3.63) is 12.3 Å². The summed E-state index contributed by atoms with van der Waals surface area (Å²) in [6, 6.07) is 0. The van der Waals surface area contributed by atoms with Crippen LogP contribution in [-0.2, 0) is 14.3 Å². The summed E-state index contributed by atoms with van der Waals surface area (Å²) < 4.78 is 4.28. The molecule has 0 N–H and O–H groups in total. The fourth-order valence-corrected chi connectivity index (χ4v) is 0.213. The van der Waals surface area contributed by atoms with Crippen LogP contribution in [0.15, 0.2) is 12.3 Å². The number of hydrogen-bond acceptors (Lipinski definition) is 3. The number of carbonyl (C=O) groups excluding carboxylic acids is 2. The van der Waals surface area contributed by atoms with Gasteiger partial charge in [-0.25, -0.2) is 4.79 Å². The standard InChI is InChI=1S/C6H8O3/c1-3-4-9-6(8)5(2)7/h3-4H,1-2H3. The van der Waals surface area contributed by atoms with Gasteiger partial charge in [0.2, 0.25) is 5.78 Å². The Morgan fingerprint density at radius 2 is 2.00 bits per heavy atom. The van der Waals surface area contributed by atoms with Gasteiger partial charge in [-0.15, -0.1) is 0 Å². The zero-order chi connectivity index (χ0) is 7.28. The van der Waals surface area contributed by atoms with E-state index in [0.29, 0.717) is 0 Å². The third-order valence-corrected chi connectivity index (χ3v) is 0.599. The fraction of sp³-hybridized carbons (Fsp3) is 0.333. The van der Waals surface area contributed by atoms with Gasteiger partial charge < -0.3 is 4.74 Å². The van der Waals surface area contributed by atoms with Crippen molar-refractivity contribution in [1.82, 2.24) is 0 Å². The average molecular weight is 128 g/mol. The molecule has 0 aliphatic heterocycles. The fourth-order valence-electron chi connectivity index (χ4n) is 0.213. The van der Waals surface area contributed by atoms with E-state index in [2.05, 4.69) is 4.74 Å². The monoisotopic (exact) mass is 128 g/mol. The van der Waals surface area contributed by atoms with E-state index in [9.17, 15) is 9.59 Å². The quantitative estimate of drug-likeness (QED) is 0.311. The van der Waals surface area contributed by atoms with Crippen molar-refractivity contribution in [1.29, 1.82) is 0 Å². The smallest absolute Gasteiger partial charge is 0.379 e. The molecule has 0 atom stereocenters. The molecule has 0 amide bonds. The van der Waals surface area contributed by atoms with E-state index in [1.165, 1.54) is 12.3 Å². The second-order valence-electron chi connectivity index (χ2n) is 1.43. The summed E-state index contributed by atoms with van der Waals surface area (Å²) in [5.74, 6) is -1.42. The lowest BCUT2D eigenvalue weighted by atomic mass is 10.5. The lowest BCUT2D eigenvalue weighted by Crippen LogP contribution is -2.09. The Morgan fingerprint density at radius 1 is 1.44 bits per heavy atom. The molecule has 0 saturated carbocycles. The third kappa shape index (κ3) is 3.46. The zero-order valence-electron chi connectivity index (χ0n) is 5.38. The summed E-state index contributed by atoms with van der Waals surface area (Å²) in [6.07, 6.45) is 2.70. The van der Waals surface area contributed by atoms with Crippen molar-refractivity contribution >= 4 is 11.8 Å². The minimum absolute atomic E-state index is 0.590. The van der Waals surface area contributed by atoms with Gasteiger partial charge in [-0.2, -0.15) is 0 Å². The van der Waals surface area contributed by atoms with Gasteiger partial charge in [0.05, 0.1) is 6.26 Å². The highest BCUT2D eigenvalue weighted by atomic mass is 16.5. The van der Waals surface area contributed by atoms with Gasteiger partial charge >= 0.3 is 5.97 Å². The SMILES string of the molecule is CC=COC(=O)C(C)=O. The molecule has 0 rings (SSSR count). The molecule has 0 unspecified atom stereocenters. The van der Waals surface area contributed by atoms with Gasteiger partial charge in [0.25, 0.3) is 0 Å². The van der Waals surface area contributed by atoms with Crippen LogP contribution in [0.3, 0.4) is 0 Å². The molecule has 0 spiro atoms. The Morgan fingerprint density at radius 3 is 2.33 bits per heavy atom. The van der Waals surface area contributed by atoms with Crippen molar-refractivity contribution in [3.8, 4) is 0 Å². The van der Waals surface area contributed by atoms with Crippen LogP contribution in [-0.4, -0.2) is 11.8 Å². The maximum Gasteiger partial charge on any atom is 0.379 e. The molecule has 0 aliphatic carbocycles. The van der Waals surface area contributed by atoms with Gasteiger partial charge in [-0.05, 0) is 6.92 Å². The Labute approximate surface area is 53.3 Å². The number of ketones is 1. The number of carbonyl (C=O) groups is 2. The highest BCUT2D eigenvalue weighted by Gasteiger charge is 2.05. The van der Waals surface area contributed by atoms with Crippen molar-refractivity contribution in [3.63, 3.8) is 0 Å². The molecular weight excluding hydrogens is 120 g/mol. The van der Waals surface area contributed by atoms with E-state index < -0.39 is 11.8 Å². The largest absolute Gasteiger partial charge is 0.429 e. The molecule has 3 heteroatoms. The van der Waals surface area contributed by atoms with Crippen LogP contribution in [0.4, 0.5) is 0 Å². The van der Waals surface area contributed by atoms with E-state index in [1.807, 2.05) is 0 Å². The maximum absolute atomic E-state index is 10.3. The molecule has 50 valence electrons. The van der Waals surface area contributed by atoms with Crippen molar-refractivity contribution in [2.45, 2.75) is 13.8 Å². The van der Waals surface area contributed by atoms with Crippen molar-refractivity contribution in [2.75, 3.05) is 0 Å². The van der Waals surface area contributed by atoms with Crippen LogP contribution in [0.2, 0.25) is 0 Å². The zero-order valence-corrected chi connectivity index (χ0v) is 5.38. The highest BCUT2D eigenvalue weighted by molar-refractivity contribution is 6.32. The lowest BCUT2D eigenvalue weighted by molar-refractivity contribution is -0.148. The molecule has 0 radical (unpaired) electrons. The maximum atomic E-state index is 10.3. The Bertz CT molecular complexity index is 146. The summed E-state index contributed by atoms with van der Waals surface area (Å²) in [7, 11) is 0. The van der Waals surface area contributed by atoms with Crippen molar-refractivity contribution in [2.24, 2.45) is 0 Å². The van der Waals surface area contributed by atoms with E-state index in [0.717, 1.165) is 6.92 Å². The molecular formula is C6H8O3. The van der Waals surface area contributed by atoms with Crippen LogP contribution >= 0.6 is 0 Å².